The minimum absolute atomic E-state index is 0.0246. The Morgan fingerprint density at radius 3 is 2.52 bits per heavy atom. The van der Waals surface area contributed by atoms with E-state index in [-0.39, 0.29) is 29.7 Å². The number of ether oxygens (including phenoxy) is 1. The van der Waals surface area contributed by atoms with Crippen LogP contribution in [0.25, 0.3) is 0 Å². The lowest BCUT2D eigenvalue weighted by Crippen LogP contribution is -2.45. The molecule has 1 aromatic rings. The smallest absolute Gasteiger partial charge is 0.421 e. The van der Waals surface area contributed by atoms with Gasteiger partial charge in [0.2, 0.25) is 0 Å². The fourth-order valence-corrected chi connectivity index (χ4v) is 3.01. The molecule has 0 N–H and O–H groups in total. The van der Waals surface area contributed by atoms with E-state index < -0.39 is 17.3 Å². The first-order valence-electron chi connectivity index (χ1n) is 9.41. The van der Waals surface area contributed by atoms with Crippen LogP contribution in [-0.4, -0.2) is 60.0 Å². The Bertz CT molecular complexity index is 759. The van der Waals surface area contributed by atoms with Crippen LogP contribution < -0.4 is 4.90 Å². The van der Waals surface area contributed by atoms with Crippen molar-refractivity contribution < 1.29 is 22.7 Å². The van der Waals surface area contributed by atoms with E-state index in [1.165, 1.54) is 19.0 Å². The second-order valence-electron chi connectivity index (χ2n) is 8.43. The Kier molecular flexibility index (Phi) is 6.74. The highest BCUT2D eigenvalue weighted by Crippen LogP contribution is 2.35. The van der Waals surface area contributed by atoms with Gasteiger partial charge in [-0.3, -0.25) is 0 Å². The summed E-state index contributed by atoms with van der Waals surface area (Å²) in [7, 11) is 2.97. The maximum absolute atomic E-state index is 13.1. The molecule has 2 atom stereocenters. The molecule has 10 heteroatoms. The second-order valence-corrected chi connectivity index (χ2v) is 8.43. The second kappa shape index (κ2) is 8.54. The number of hydrogen-bond donors (Lipinski definition) is 0. The van der Waals surface area contributed by atoms with Crippen molar-refractivity contribution in [3.05, 3.63) is 11.8 Å². The van der Waals surface area contributed by atoms with E-state index in [0.717, 1.165) is 6.20 Å². The summed E-state index contributed by atoms with van der Waals surface area (Å²) in [5, 5.41) is 0. The van der Waals surface area contributed by atoms with Crippen molar-refractivity contribution >= 4 is 24.1 Å². The number of rotatable bonds is 3. The van der Waals surface area contributed by atoms with E-state index in [9.17, 15) is 18.0 Å². The van der Waals surface area contributed by atoms with Crippen molar-refractivity contribution in [1.82, 2.24) is 14.9 Å². The molecule has 1 saturated heterocycles. The van der Waals surface area contributed by atoms with Gasteiger partial charge in [-0.15, -0.1) is 0 Å². The van der Waals surface area contributed by atoms with Gasteiger partial charge >= 0.3 is 12.3 Å². The molecular weight excluding hydrogens is 387 g/mol. The van der Waals surface area contributed by atoms with Crippen LogP contribution in [0.2, 0.25) is 0 Å². The lowest BCUT2D eigenvalue weighted by Gasteiger charge is -2.36. The number of halogens is 3. The van der Waals surface area contributed by atoms with Gasteiger partial charge in [-0.1, -0.05) is 6.92 Å². The molecule has 0 saturated carbocycles. The van der Waals surface area contributed by atoms with Crippen LogP contribution in [0, 0.1) is 11.8 Å². The molecule has 0 bridgehead atoms. The maximum atomic E-state index is 13.1. The van der Waals surface area contributed by atoms with Gasteiger partial charge in [0, 0.05) is 45.5 Å². The zero-order valence-electron chi connectivity index (χ0n) is 17.6. The number of carbonyl (C=O) groups is 1. The molecule has 1 aromatic heterocycles. The molecule has 29 heavy (non-hydrogen) atoms. The van der Waals surface area contributed by atoms with Crippen molar-refractivity contribution in [2.24, 2.45) is 16.8 Å². The van der Waals surface area contributed by atoms with E-state index >= 15 is 0 Å². The summed E-state index contributed by atoms with van der Waals surface area (Å²) < 4.78 is 44.7. The van der Waals surface area contributed by atoms with Gasteiger partial charge in [-0.05, 0) is 33.1 Å². The molecule has 1 fully saturated rings. The van der Waals surface area contributed by atoms with Crippen LogP contribution in [0.1, 0.15) is 39.7 Å². The summed E-state index contributed by atoms with van der Waals surface area (Å²) in [5.41, 5.74) is -1.46. The average Bonchev–Trinajstić information content (AvgIpc) is 2.58. The molecule has 2 rings (SSSR count). The number of alkyl halides is 3. The van der Waals surface area contributed by atoms with Crippen LogP contribution in [0.5, 0.6) is 0 Å². The first kappa shape index (κ1) is 22.9. The largest absolute Gasteiger partial charge is 0.444 e. The summed E-state index contributed by atoms with van der Waals surface area (Å²) in [4.78, 5) is 27.0. The van der Waals surface area contributed by atoms with Gasteiger partial charge in [0.15, 0.2) is 0 Å². The van der Waals surface area contributed by atoms with Crippen molar-refractivity contribution in [3.63, 3.8) is 0 Å². The van der Waals surface area contributed by atoms with Crippen LogP contribution in [0.4, 0.5) is 29.7 Å². The fraction of sp³-hybridized carbons (Fsp3) is 0.684. The molecule has 162 valence electrons. The summed E-state index contributed by atoms with van der Waals surface area (Å²) in [5.74, 6) is -0.0823. The molecule has 0 aliphatic carbocycles. The standard InChI is InChI=1S/C19H28F3N5O2/c1-12-11-27(17(28)29-18(2,3)4)8-7-13(12)9-23-16-24-10-14(19(20,21)22)15(25-16)26(5)6/h9-10,12-13H,7-8,11H2,1-6H3/b23-9+. The maximum Gasteiger partial charge on any atom is 0.421 e. The number of hydrogen-bond acceptors (Lipinski definition) is 6. The molecule has 1 amide bonds. The number of nitrogens with zero attached hydrogens (tertiary/aromatic N) is 5. The van der Waals surface area contributed by atoms with E-state index in [0.29, 0.717) is 19.5 Å². The van der Waals surface area contributed by atoms with Crippen LogP contribution in [0.3, 0.4) is 0 Å². The summed E-state index contributed by atoms with van der Waals surface area (Å²) in [6.45, 7) is 8.49. The molecule has 0 spiro atoms. The van der Waals surface area contributed by atoms with Gasteiger partial charge in [0.05, 0.1) is 0 Å². The monoisotopic (exact) mass is 415 g/mol. The van der Waals surface area contributed by atoms with Crippen molar-refractivity contribution in [1.29, 1.82) is 0 Å². The Labute approximate surface area is 169 Å². The zero-order chi connectivity index (χ0) is 22.0. The van der Waals surface area contributed by atoms with E-state index in [1.54, 1.807) is 11.1 Å². The highest BCUT2D eigenvalue weighted by Gasteiger charge is 2.36. The lowest BCUT2D eigenvalue weighted by atomic mass is 9.88. The van der Waals surface area contributed by atoms with Gasteiger partial charge in [0.25, 0.3) is 5.95 Å². The first-order valence-corrected chi connectivity index (χ1v) is 9.41. The minimum Gasteiger partial charge on any atom is -0.444 e. The number of anilines is 1. The predicted molar refractivity (Wildman–Crippen MR) is 105 cm³/mol. The van der Waals surface area contributed by atoms with Crippen molar-refractivity contribution in [2.75, 3.05) is 32.1 Å². The van der Waals surface area contributed by atoms with Crippen LogP contribution in [-0.2, 0) is 10.9 Å². The molecule has 2 heterocycles. The molecule has 0 radical (unpaired) electrons. The minimum atomic E-state index is -4.54. The third-order valence-corrected chi connectivity index (χ3v) is 4.49. The number of aromatic nitrogens is 2. The quantitative estimate of drug-likeness (QED) is 0.694. The van der Waals surface area contributed by atoms with Crippen LogP contribution >= 0.6 is 0 Å². The third-order valence-electron chi connectivity index (χ3n) is 4.49. The van der Waals surface area contributed by atoms with E-state index in [4.69, 9.17) is 4.74 Å². The highest BCUT2D eigenvalue weighted by molar-refractivity contribution is 5.69. The zero-order valence-corrected chi connectivity index (χ0v) is 17.6. The van der Waals surface area contributed by atoms with Crippen LogP contribution in [0.15, 0.2) is 11.2 Å². The number of aliphatic imine (C=N–C) groups is 1. The average molecular weight is 415 g/mol. The molecule has 1 aliphatic heterocycles. The first-order chi connectivity index (χ1) is 13.3. The number of amides is 1. The summed E-state index contributed by atoms with van der Waals surface area (Å²) >= 11 is 0. The summed E-state index contributed by atoms with van der Waals surface area (Å²) in [6, 6.07) is 0. The van der Waals surface area contributed by atoms with Crippen molar-refractivity contribution in [2.45, 2.75) is 45.9 Å². The fourth-order valence-electron chi connectivity index (χ4n) is 3.01. The normalized spacial score (nSPS) is 20.8. The molecule has 2 unspecified atom stereocenters. The van der Waals surface area contributed by atoms with Gasteiger partial charge < -0.3 is 14.5 Å². The Morgan fingerprint density at radius 1 is 1.34 bits per heavy atom. The van der Waals surface area contributed by atoms with Crippen molar-refractivity contribution in [3.8, 4) is 0 Å². The topological polar surface area (TPSA) is 70.9 Å². The highest BCUT2D eigenvalue weighted by atomic mass is 19.4. The Balaban J connectivity index is 2.07. The number of piperidine rings is 1. The van der Waals surface area contributed by atoms with Gasteiger partial charge in [-0.2, -0.15) is 18.2 Å². The molecule has 0 aromatic carbocycles. The third kappa shape index (κ3) is 6.30. The molecule has 7 nitrogen and oxygen atoms in total. The number of likely N-dealkylation sites (tertiary alicyclic amines) is 1. The lowest BCUT2D eigenvalue weighted by molar-refractivity contribution is -0.137. The summed E-state index contributed by atoms with van der Waals surface area (Å²) in [6.07, 6.45) is -1.79. The Morgan fingerprint density at radius 2 is 2.00 bits per heavy atom. The van der Waals surface area contributed by atoms with E-state index in [2.05, 4.69) is 15.0 Å². The molecular formula is C19H28F3N5O2. The van der Waals surface area contributed by atoms with Gasteiger partial charge in [-0.25, -0.2) is 14.8 Å². The Hall–Kier alpha value is -2.39. The van der Waals surface area contributed by atoms with E-state index in [1.807, 2.05) is 27.7 Å². The SMILES string of the molecule is CC1CN(C(=O)OC(C)(C)C)CCC1/C=N/c1ncc(C(F)(F)F)c(N(C)C)n1. The molecule has 1 aliphatic rings. The predicted octanol–water partition coefficient (Wildman–Crippen LogP) is 4.16. The number of carbonyl (C=O) groups excluding carboxylic acids is 1. The van der Waals surface area contributed by atoms with Gasteiger partial charge in [0.1, 0.15) is 17.0 Å².